The van der Waals surface area contributed by atoms with E-state index in [-0.39, 0.29) is 30.5 Å². The Balaban J connectivity index is 1.69. The standard InChI is InChI=1S/C23H19F2N3O/c1-15-20(21-12-17(25)7-10-22(21)27-15)13-23(29)28(14-18-4-2-3-11-26-18)19-8-5-16(24)6-9-19/h2-12,27H,13-14H2,1H3. The first-order chi connectivity index (χ1) is 14.0. The minimum Gasteiger partial charge on any atom is -0.358 e. The number of nitrogens with one attached hydrogen (secondary N) is 1. The highest BCUT2D eigenvalue weighted by Gasteiger charge is 2.20. The third-order valence-corrected chi connectivity index (χ3v) is 4.90. The van der Waals surface area contributed by atoms with Crippen molar-refractivity contribution < 1.29 is 13.6 Å². The number of carbonyl (C=O) groups is 1. The second-order valence-electron chi connectivity index (χ2n) is 6.87. The number of hydrogen-bond donors (Lipinski definition) is 1. The van der Waals surface area contributed by atoms with Crippen LogP contribution in [0.1, 0.15) is 17.0 Å². The third kappa shape index (κ3) is 4.01. The number of aromatic amines is 1. The van der Waals surface area contributed by atoms with Gasteiger partial charge in [-0.2, -0.15) is 0 Å². The molecule has 146 valence electrons. The smallest absolute Gasteiger partial charge is 0.231 e. The molecule has 6 heteroatoms. The van der Waals surface area contributed by atoms with E-state index in [0.29, 0.717) is 16.8 Å². The van der Waals surface area contributed by atoms with Crippen molar-refractivity contribution in [2.24, 2.45) is 0 Å². The summed E-state index contributed by atoms with van der Waals surface area (Å²) in [5.41, 5.74) is 3.64. The van der Waals surface area contributed by atoms with E-state index < -0.39 is 0 Å². The van der Waals surface area contributed by atoms with Gasteiger partial charge in [0.1, 0.15) is 11.6 Å². The van der Waals surface area contributed by atoms with Crippen LogP contribution in [-0.2, 0) is 17.8 Å². The van der Waals surface area contributed by atoms with Crippen LogP contribution in [-0.4, -0.2) is 15.9 Å². The molecule has 0 spiro atoms. The zero-order valence-electron chi connectivity index (χ0n) is 15.8. The quantitative estimate of drug-likeness (QED) is 0.525. The summed E-state index contributed by atoms with van der Waals surface area (Å²) < 4.78 is 27.2. The Morgan fingerprint density at radius 1 is 1.03 bits per heavy atom. The maximum absolute atomic E-state index is 13.8. The van der Waals surface area contributed by atoms with Crippen LogP contribution in [0, 0.1) is 18.6 Å². The molecule has 0 unspecified atom stereocenters. The molecule has 0 bridgehead atoms. The number of hydrogen-bond acceptors (Lipinski definition) is 2. The highest BCUT2D eigenvalue weighted by Crippen LogP contribution is 2.26. The Bertz CT molecular complexity index is 1150. The molecule has 0 saturated heterocycles. The third-order valence-electron chi connectivity index (χ3n) is 4.90. The van der Waals surface area contributed by atoms with E-state index in [1.807, 2.05) is 19.1 Å². The monoisotopic (exact) mass is 391 g/mol. The van der Waals surface area contributed by atoms with Crippen molar-refractivity contribution >= 4 is 22.5 Å². The van der Waals surface area contributed by atoms with Gasteiger partial charge in [0.15, 0.2) is 0 Å². The van der Waals surface area contributed by atoms with E-state index in [1.165, 1.54) is 24.3 Å². The molecule has 2 aromatic heterocycles. The average Bonchev–Trinajstić information content (AvgIpc) is 3.02. The Kier molecular flexibility index (Phi) is 5.08. The van der Waals surface area contributed by atoms with Crippen LogP contribution in [0.3, 0.4) is 0 Å². The summed E-state index contributed by atoms with van der Waals surface area (Å²) in [5, 5.41) is 0.688. The van der Waals surface area contributed by atoms with E-state index in [4.69, 9.17) is 0 Å². The lowest BCUT2D eigenvalue weighted by molar-refractivity contribution is -0.118. The number of aromatic nitrogens is 2. The number of benzene rings is 2. The first-order valence-corrected chi connectivity index (χ1v) is 9.24. The van der Waals surface area contributed by atoms with E-state index in [2.05, 4.69) is 9.97 Å². The molecule has 1 N–H and O–H groups in total. The fourth-order valence-corrected chi connectivity index (χ4v) is 3.43. The van der Waals surface area contributed by atoms with Gasteiger partial charge in [0, 0.05) is 28.5 Å². The van der Waals surface area contributed by atoms with Crippen molar-refractivity contribution in [1.29, 1.82) is 0 Å². The second kappa shape index (κ2) is 7.83. The number of H-pyrrole nitrogens is 1. The molecule has 0 aliphatic carbocycles. The average molecular weight is 391 g/mol. The zero-order valence-corrected chi connectivity index (χ0v) is 15.8. The van der Waals surface area contributed by atoms with Gasteiger partial charge in [-0.15, -0.1) is 0 Å². The Morgan fingerprint density at radius 2 is 1.79 bits per heavy atom. The molecule has 0 saturated carbocycles. The first-order valence-electron chi connectivity index (χ1n) is 9.24. The van der Waals surface area contributed by atoms with Crippen LogP contribution in [0.4, 0.5) is 14.5 Å². The molecule has 0 fully saturated rings. The number of pyridine rings is 1. The molecule has 0 atom stereocenters. The van der Waals surface area contributed by atoms with Gasteiger partial charge in [0.2, 0.25) is 5.91 Å². The van der Waals surface area contributed by atoms with Crippen LogP contribution in [0.25, 0.3) is 10.9 Å². The molecule has 4 aromatic rings. The Hall–Kier alpha value is -3.54. The zero-order chi connectivity index (χ0) is 20.4. The highest BCUT2D eigenvalue weighted by molar-refractivity contribution is 5.98. The van der Waals surface area contributed by atoms with Crippen molar-refractivity contribution in [3.05, 3.63) is 95.4 Å². The summed E-state index contributed by atoms with van der Waals surface area (Å²) >= 11 is 0. The van der Waals surface area contributed by atoms with E-state index >= 15 is 0 Å². The molecule has 29 heavy (non-hydrogen) atoms. The van der Waals surface area contributed by atoms with Crippen molar-refractivity contribution in [2.45, 2.75) is 19.9 Å². The summed E-state index contributed by atoms with van der Waals surface area (Å²) in [6.45, 7) is 2.11. The van der Waals surface area contributed by atoms with Crippen molar-refractivity contribution in [3.63, 3.8) is 0 Å². The minimum atomic E-state index is -0.373. The van der Waals surface area contributed by atoms with Crippen LogP contribution in [0.5, 0.6) is 0 Å². The van der Waals surface area contributed by atoms with E-state index in [0.717, 1.165) is 16.8 Å². The van der Waals surface area contributed by atoms with Crippen LogP contribution >= 0.6 is 0 Å². The van der Waals surface area contributed by atoms with Gasteiger partial charge in [-0.1, -0.05) is 6.07 Å². The normalized spacial score (nSPS) is 11.0. The fourth-order valence-electron chi connectivity index (χ4n) is 3.43. The maximum atomic E-state index is 13.8. The molecule has 4 rings (SSSR count). The molecule has 1 amide bonds. The predicted octanol–water partition coefficient (Wildman–Crippen LogP) is 4.93. The topological polar surface area (TPSA) is 49.0 Å². The number of halogens is 2. The maximum Gasteiger partial charge on any atom is 0.231 e. The van der Waals surface area contributed by atoms with Gasteiger partial charge in [-0.3, -0.25) is 9.78 Å². The van der Waals surface area contributed by atoms with Crippen molar-refractivity contribution in [3.8, 4) is 0 Å². The Labute approximate surface area is 166 Å². The number of fused-ring (bicyclic) bond motifs is 1. The van der Waals surface area contributed by atoms with Gasteiger partial charge in [-0.05, 0) is 67.1 Å². The van der Waals surface area contributed by atoms with Crippen LogP contribution in [0.2, 0.25) is 0 Å². The van der Waals surface area contributed by atoms with Gasteiger partial charge in [-0.25, -0.2) is 8.78 Å². The summed E-state index contributed by atoms with van der Waals surface area (Å²) in [5.74, 6) is -0.911. The summed E-state index contributed by atoms with van der Waals surface area (Å²) in [7, 11) is 0. The number of rotatable bonds is 5. The van der Waals surface area contributed by atoms with E-state index in [9.17, 15) is 13.6 Å². The Morgan fingerprint density at radius 3 is 2.52 bits per heavy atom. The summed E-state index contributed by atoms with van der Waals surface area (Å²) in [6.07, 6.45) is 1.74. The highest BCUT2D eigenvalue weighted by atomic mass is 19.1. The largest absolute Gasteiger partial charge is 0.358 e. The molecule has 2 heterocycles. The number of carbonyl (C=O) groups excluding carboxylic acids is 1. The van der Waals surface area contributed by atoms with Gasteiger partial charge >= 0.3 is 0 Å². The SMILES string of the molecule is Cc1[nH]c2ccc(F)cc2c1CC(=O)N(Cc1ccccn1)c1ccc(F)cc1. The summed E-state index contributed by atoms with van der Waals surface area (Å²) in [6, 6.07) is 15.7. The molecule has 0 aliphatic rings. The second-order valence-corrected chi connectivity index (χ2v) is 6.87. The van der Waals surface area contributed by atoms with Crippen molar-refractivity contribution in [2.75, 3.05) is 4.90 Å². The minimum absolute atomic E-state index is 0.0828. The molecule has 4 nitrogen and oxygen atoms in total. The lowest BCUT2D eigenvalue weighted by Gasteiger charge is -2.23. The fraction of sp³-hybridized carbons (Fsp3) is 0.130. The van der Waals surface area contributed by atoms with Gasteiger partial charge < -0.3 is 9.88 Å². The van der Waals surface area contributed by atoms with Gasteiger partial charge in [0.25, 0.3) is 0 Å². The van der Waals surface area contributed by atoms with Gasteiger partial charge in [0.05, 0.1) is 18.7 Å². The van der Waals surface area contributed by atoms with E-state index in [1.54, 1.807) is 35.4 Å². The number of nitrogens with zero attached hydrogens (tertiary/aromatic N) is 2. The number of amides is 1. The van der Waals surface area contributed by atoms with Crippen LogP contribution in [0.15, 0.2) is 66.9 Å². The first kappa shape index (κ1) is 18.8. The predicted molar refractivity (Wildman–Crippen MR) is 109 cm³/mol. The molecular formula is C23H19F2N3O. The molecule has 0 aliphatic heterocycles. The van der Waals surface area contributed by atoms with Crippen molar-refractivity contribution in [1.82, 2.24) is 9.97 Å². The molecular weight excluding hydrogens is 372 g/mol. The van der Waals surface area contributed by atoms with Crippen LogP contribution < -0.4 is 4.90 Å². The molecule has 2 aromatic carbocycles. The summed E-state index contributed by atoms with van der Waals surface area (Å²) in [4.78, 5) is 22.3. The lowest BCUT2D eigenvalue weighted by Crippen LogP contribution is -2.32. The number of aryl methyl sites for hydroxylation is 1. The lowest BCUT2D eigenvalue weighted by atomic mass is 10.1. The molecule has 0 radical (unpaired) electrons. The number of anilines is 1.